The molecule has 94 valence electrons. The number of hydrogen-bond acceptors (Lipinski definition) is 2. The van der Waals surface area contributed by atoms with Gasteiger partial charge in [0.1, 0.15) is 5.75 Å². The molecular formula is C16H14N2O. The van der Waals surface area contributed by atoms with Crippen LogP contribution in [0.2, 0.25) is 0 Å². The number of ether oxygens (including phenoxy) is 1. The van der Waals surface area contributed by atoms with Crippen molar-refractivity contribution in [2.24, 2.45) is 0 Å². The average molecular weight is 250 g/mol. The van der Waals surface area contributed by atoms with E-state index in [-0.39, 0.29) is 0 Å². The maximum Gasteiger partial charge on any atom is 0.122 e. The number of rotatable bonds is 2. The zero-order chi connectivity index (χ0) is 12.7. The van der Waals surface area contributed by atoms with Crippen LogP contribution in [0.3, 0.4) is 0 Å². The van der Waals surface area contributed by atoms with E-state index in [9.17, 15) is 0 Å². The number of aromatic nitrogens is 2. The van der Waals surface area contributed by atoms with Crippen molar-refractivity contribution in [3.05, 3.63) is 60.4 Å². The van der Waals surface area contributed by atoms with Gasteiger partial charge in [0.25, 0.3) is 0 Å². The number of nitrogens with zero attached hydrogens (tertiary/aromatic N) is 2. The molecule has 4 rings (SSSR count). The number of fused-ring (bicyclic) bond motifs is 2. The molecule has 0 fully saturated rings. The van der Waals surface area contributed by atoms with Gasteiger partial charge in [-0.1, -0.05) is 30.3 Å². The second-order valence-corrected chi connectivity index (χ2v) is 4.93. The van der Waals surface area contributed by atoms with Gasteiger partial charge in [-0.3, -0.25) is 0 Å². The van der Waals surface area contributed by atoms with Crippen molar-refractivity contribution < 1.29 is 4.74 Å². The van der Waals surface area contributed by atoms with Crippen LogP contribution >= 0.6 is 0 Å². The first kappa shape index (κ1) is 10.6. The Hall–Kier alpha value is -2.29. The minimum atomic E-state index is 0.411. The lowest BCUT2D eigenvalue weighted by atomic mass is 10.0. The summed E-state index contributed by atoms with van der Waals surface area (Å²) in [6.07, 6.45) is 1.92. The van der Waals surface area contributed by atoms with E-state index in [0.29, 0.717) is 5.92 Å². The Morgan fingerprint density at radius 1 is 1.11 bits per heavy atom. The molecule has 0 N–H and O–H groups in total. The standard InChI is InChI=1S/C16H14N2O/c1-4-8-16-13(5-1)12(10-19-16)9-18-11-17-14-6-2-3-7-15(14)18/h1-8,11-12H,9-10H2. The summed E-state index contributed by atoms with van der Waals surface area (Å²) < 4.78 is 7.95. The second kappa shape index (κ2) is 4.12. The van der Waals surface area contributed by atoms with Gasteiger partial charge in [0.2, 0.25) is 0 Å². The van der Waals surface area contributed by atoms with E-state index in [1.54, 1.807) is 0 Å². The molecule has 1 unspecified atom stereocenters. The molecule has 1 aliphatic rings. The van der Waals surface area contributed by atoms with Crippen LogP contribution in [-0.2, 0) is 6.54 Å². The minimum absolute atomic E-state index is 0.411. The topological polar surface area (TPSA) is 27.1 Å². The van der Waals surface area contributed by atoms with Gasteiger partial charge in [0.15, 0.2) is 0 Å². The fourth-order valence-electron chi connectivity index (χ4n) is 2.77. The molecule has 0 spiro atoms. The van der Waals surface area contributed by atoms with Crippen molar-refractivity contribution >= 4 is 11.0 Å². The smallest absolute Gasteiger partial charge is 0.122 e. The van der Waals surface area contributed by atoms with E-state index in [0.717, 1.165) is 24.4 Å². The fraction of sp³-hybridized carbons (Fsp3) is 0.188. The van der Waals surface area contributed by atoms with Crippen LogP contribution in [-0.4, -0.2) is 16.2 Å². The zero-order valence-corrected chi connectivity index (χ0v) is 10.5. The lowest BCUT2D eigenvalue weighted by Gasteiger charge is -2.10. The van der Waals surface area contributed by atoms with E-state index in [1.165, 1.54) is 11.1 Å². The molecule has 1 aliphatic heterocycles. The van der Waals surface area contributed by atoms with Crippen LogP contribution in [0.25, 0.3) is 11.0 Å². The summed E-state index contributed by atoms with van der Waals surface area (Å²) >= 11 is 0. The molecule has 2 heterocycles. The normalized spacial score (nSPS) is 17.4. The zero-order valence-electron chi connectivity index (χ0n) is 10.5. The maximum absolute atomic E-state index is 5.74. The summed E-state index contributed by atoms with van der Waals surface area (Å²) in [4.78, 5) is 4.44. The number of hydrogen-bond donors (Lipinski definition) is 0. The summed E-state index contributed by atoms with van der Waals surface area (Å²) in [5, 5.41) is 0. The van der Waals surface area contributed by atoms with Gasteiger partial charge in [-0.05, 0) is 18.2 Å². The van der Waals surface area contributed by atoms with Crippen LogP contribution in [0, 0.1) is 0 Å². The molecule has 1 aromatic heterocycles. The molecule has 2 aromatic carbocycles. The SMILES string of the molecule is c1ccc2c(c1)OCC2Cn1cnc2ccccc21. The highest BCUT2D eigenvalue weighted by molar-refractivity contribution is 5.74. The van der Waals surface area contributed by atoms with E-state index in [4.69, 9.17) is 4.74 Å². The second-order valence-electron chi connectivity index (χ2n) is 4.93. The highest BCUT2D eigenvalue weighted by Crippen LogP contribution is 2.34. The molecule has 0 saturated carbocycles. The Balaban J connectivity index is 1.70. The Morgan fingerprint density at radius 2 is 1.95 bits per heavy atom. The third-order valence-corrected chi connectivity index (χ3v) is 3.74. The van der Waals surface area contributed by atoms with Gasteiger partial charge >= 0.3 is 0 Å². The van der Waals surface area contributed by atoms with Gasteiger partial charge in [-0.25, -0.2) is 4.98 Å². The van der Waals surface area contributed by atoms with Crippen molar-refractivity contribution in [3.63, 3.8) is 0 Å². The van der Waals surface area contributed by atoms with Gasteiger partial charge in [0.05, 0.1) is 24.0 Å². The summed E-state index contributed by atoms with van der Waals surface area (Å²) in [6, 6.07) is 16.5. The van der Waals surface area contributed by atoms with Crippen molar-refractivity contribution in [3.8, 4) is 5.75 Å². The molecule has 0 amide bonds. The van der Waals surface area contributed by atoms with Gasteiger partial charge in [0, 0.05) is 18.0 Å². The molecule has 3 nitrogen and oxygen atoms in total. The Kier molecular flexibility index (Phi) is 2.30. The highest BCUT2D eigenvalue weighted by Gasteiger charge is 2.24. The lowest BCUT2D eigenvalue weighted by molar-refractivity contribution is 0.320. The van der Waals surface area contributed by atoms with Crippen molar-refractivity contribution in [2.45, 2.75) is 12.5 Å². The first-order valence-corrected chi connectivity index (χ1v) is 6.53. The molecule has 0 radical (unpaired) electrons. The summed E-state index contributed by atoms with van der Waals surface area (Å²) in [5.41, 5.74) is 3.54. The van der Waals surface area contributed by atoms with Crippen LogP contribution in [0.5, 0.6) is 5.75 Å². The molecule has 0 saturated heterocycles. The third-order valence-electron chi connectivity index (χ3n) is 3.74. The van der Waals surface area contributed by atoms with Crippen LogP contribution in [0.1, 0.15) is 11.5 Å². The average Bonchev–Trinajstić information content (AvgIpc) is 3.05. The van der Waals surface area contributed by atoms with Crippen LogP contribution in [0.4, 0.5) is 0 Å². The van der Waals surface area contributed by atoms with Gasteiger partial charge in [-0.15, -0.1) is 0 Å². The van der Waals surface area contributed by atoms with Crippen molar-refractivity contribution in [1.82, 2.24) is 9.55 Å². The lowest BCUT2D eigenvalue weighted by Crippen LogP contribution is -2.09. The largest absolute Gasteiger partial charge is 0.493 e. The first-order valence-electron chi connectivity index (χ1n) is 6.53. The third kappa shape index (κ3) is 1.70. The first-order chi connectivity index (χ1) is 9.42. The van der Waals surface area contributed by atoms with Crippen molar-refractivity contribution in [1.29, 1.82) is 0 Å². The number of benzene rings is 2. The Bertz CT molecular complexity index is 732. The Labute approximate surface area is 111 Å². The summed E-state index contributed by atoms with van der Waals surface area (Å²) in [7, 11) is 0. The molecule has 3 heteroatoms. The van der Waals surface area contributed by atoms with E-state index in [2.05, 4.69) is 33.8 Å². The van der Waals surface area contributed by atoms with Gasteiger partial charge in [-0.2, -0.15) is 0 Å². The molecule has 19 heavy (non-hydrogen) atoms. The summed E-state index contributed by atoms with van der Waals surface area (Å²) in [6.45, 7) is 1.67. The van der Waals surface area contributed by atoms with E-state index in [1.807, 2.05) is 30.6 Å². The monoisotopic (exact) mass is 250 g/mol. The predicted molar refractivity (Wildman–Crippen MR) is 74.4 cm³/mol. The minimum Gasteiger partial charge on any atom is -0.493 e. The van der Waals surface area contributed by atoms with Crippen LogP contribution < -0.4 is 4.74 Å². The summed E-state index contributed by atoms with van der Waals surface area (Å²) in [5.74, 6) is 1.44. The van der Waals surface area contributed by atoms with E-state index < -0.39 is 0 Å². The quantitative estimate of drug-likeness (QED) is 0.698. The Morgan fingerprint density at radius 3 is 2.95 bits per heavy atom. The molecule has 3 aromatic rings. The van der Waals surface area contributed by atoms with Crippen LogP contribution in [0.15, 0.2) is 54.9 Å². The van der Waals surface area contributed by atoms with E-state index >= 15 is 0 Å². The van der Waals surface area contributed by atoms with Crippen molar-refractivity contribution in [2.75, 3.05) is 6.61 Å². The maximum atomic E-state index is 5.74. The predicted octanol–water partition coefficient (Wildman–Crippen LogP) is 3.21. The fourth-order valence-corrected chi connectivity index (χ4v) is 2.77. The molecule has 1 atom stereocenters. The van der Waals surface area contributed by atoms with Gasteiger partial charge < -0.3 is 9.30 Å². The molecular weight excluding hydrogens is 236 g/mol. The highest BCUT2D eigenvalue weighted by atomic mass is 16.5. The molecule has 0 aliphatic carbocycles. The number of imidazole rings is 1. The molecule has 0 bridgehead atoms. The number of para-hydroxylation sites is 3.